The molecule has 0 bridgehead atoms. The predicted molar refractivity (Wildman–Crippen MR) is 113 cm³/mol. The maximum absolute atomic E-state index is 12.8. The normalized spacial score (nSPS) is 13.7. The minimum Gasteiger partial charge on any atom is -0.497 e. The Morgan fingerprint density at radius 2 is 1.53 bits per heavy atom. The van der Waals surface area contributed by atoms with Gasteiger partial charge < -0.3 is 24.0 Å². The van der Waals surface area contributed by atoms with Crippen molar-refractivity contribution in [2.24, 2.45) is 0 Å². The lowest BCUT2D eigenvalue weighted by Crippen LogP contribution is -2.50. The van der Waals surface area contributed by atoms with Crippen LogP contribution >= 0.6 is 0 Å². The Bertz CT molecular complexity index is 891. The van der Waals surface area contributed by atoms with Crippen LogP contribution in [-0.4, -0.2) is 69.1 Å². The average molecular weight is 412 g/mol. The molecule has 0 radical (unpaired) electrons. The lowest BCUT2D eigenvalue weighted by Gasteiger charge is -2.35. The Hall–Kier alpha value is -3.22. The second kappa shape index (κ2) is 10.0. The summed E-state index contributed by atoms with van der Waals surface area (Å²) in [5.74, 6) is 1.94. The third-order valence-electron chi connectivity index (χ3n) is 5.31. The van der Waals surface area contributed by atoms with Crippen molar-refractivity contribution >= 4 is 11.8 Å². The van der Waals surface area contributed by atoms with E-state index in [9.17, 15) is 9.59 Å². The molecule has 0 N–H and O–H groups in total. The molecule has 2 amide bonds. The molecule has 1 saturated heterocycles. The average Bonchev–Trinajstić information content (AvgIpc) is 2.81. The van der Waals surface area contributed by atoms with Crippen molar-refractivity contribution in [3.8, 4) is 17.2 Å². The second-order valence-electron chi connectivity index (χ2n) is 7.09. The molecule has 1 aliphatic rings. The maximum atomic E-state index is 12.8. The smallest absolute Gasteiger partial charge is 0.254 e. The van der Waals surface area contributed by atoms with Crippen LogP contribution in [0.4, 0.5) is 0 Å². The molecule has 2 aromatic carbocycles. The van der Waals surface area contributed by atoms with Gasteiger partial charge in [-0.15, -0.1) is 0 Å². The van der Waals surface area contributed by atoms with Gasteiger partial charge in [-0.3, -0.25) is 9.59 Å². The number of benzene rings is 2. The van der Waals surface area contributed by atoms with Crippen LogP contribution in [0.15, 0.2) is 42.5 Å². The molecule has 1 aliphatic heterocycles. The summed E-state index contributed by atoms with van der Waals surface area (Å²) in [7, 11) is 4.74. The van der Waals surface area contributed by atoms with Gasteiger partial charge in [0.25, 0.3) is 5.91 Å². The molecule has 30 heavy (non-hydrogen) atoms. The quantitative estimate of drug-likeness (QED) is 0.699. The lowest BCUT2D eigenvalue weighted by atomic mass is 10.1. The van der Waals surface area contributed by atoms with Crippen molar-refractivity contribution < 1.29 is 23.8 Å². The fraction of sp³-hybridized carbons (Fsp3) is 0.391. The summed E-state index contributed by atoms with van der Waals surface area (Å²) in [4.78, 5) is 29.0. The van der Waals surface area contributed by atoms with Gasteiger partial charge in [-0.05, 0) is 42.3 Å². The van der Waals surface area contributed by atoms with Gasteiger partial charge in [0.05, 0.1) is 21.3 Å². The standard InChI is InChI=1S/C23H28N2O5/c1-28-19-6-4-5-17(15-19)7-10-22(26)24-11-13-25(14-12-24)23(27)18-8-9-20(29-2)21(16-18)30-3/h4-6,8-9,15-16H,7,10-14H2,1-3H3. The number of carbonyl (C=O) groups excluding carboxylic acids is 2. The number of hydrogen-bond acceptors (Lipinski definition) is 5. The van der Waals surface area contributed by atoms with Crippen LogP contribution in [0.1, 0.15) is 22.3 Å². The first-order valence-electron chi connectivity index (χ1n) is 9.97. The lowest BCUT2D eigenvalue weighted by molar-refractivity contribution is -0.132. The summed E-state index contributed by atoms with van der Waals surface area (Å²) in [5, 5.41) is 0. The van der Waals surface area contributed by atoms with Crippen LogP contribution in [0.25, 0.3) is 0 Å². The van der Waals surface area contributed by atoms with Crippen LogP contribution in [0, 0.1) is 0 Å². The highest BCUT2D eigenvalue weighted by molar-refractivity contribution is 5.95. The van der Waals surface area contributed by atoms with Gasteiger partial charge in [-0.2, -0.15) is 0 Å². The van der Waals surface area contributed by atoms with E-state index in [2.05, 4.69) is 0 Å². The van der Waals surface area contributed by atoms with E-state index in [0.29, 0.717) is 56.1 Å². The summed E-state index contributed by atoms with van der Waals surface area (Å²) in [5.41, 5.74) is 1.62. The summed E-state index contributed by atoms with van der Waals surface area (Å²) in [6.07, 6.45) is 1.11. The van der Waals surface area contributed by atoms with E-state index in [1.54, 1.807) is 44.4 Å². The summed E-state index contributed by atoms with van der Waals surface area (Å²) >= 11 is 0. The highest BCUT2D eigenvalue weighted by Crippen LogP contribution is 2.28. The molecule has 0 unspecified atom stereocenters. The van der Waals surface area contributed by atoms with E-state index in [4.69, 9.17) is 14.2 Å². The highest BCUT2D eigenvalue weighted by Gasteiger charge is 2.25. The zero-order valence-electron chi connectivity index (χ0n) is 17.7. The number of nitrogens with zero attached hydrogens (tertiary/aromatic N) is 2. The second-order valence-corrected chi connectivity index (χ2v) is 7.09. The molecule has 1 fully saturated rings. The molecular weight excluding hydrogens is 384 g/mol. The number of carbonyl (C=O) groups is 2. The molecule has 0 aliphatic carbocycles. The molecule has 160 valence electrons. The van der Waals surface area contributed by atoms with Gasteiger partial charge in [-0.25, -0.2) is 0 Å². The van der Waals surface area contributed by atoms with Crippen molar-refractivity contribution in [3.05, 3.63) is 53.6 Å². The first kappa shape index (κ1) is 21.5. The Morgan fingerprint density at radius 3 is 2.20 bits per heavy atom. The predicted octanol–water partition coefficient (Wildman–Crippen LogP) is 2.63. The van der Waals surface area contributed by atoms with Gasteiger partial charge in [-0.1, -0.05) is 12.1 Å². The van der Waals surface area contributed by atoms with Gasteiger partial charge in [0, 0.05) is 38.2 Å². The first-order chi connectivity index (χ1) is 14.5. The Kier molecular flexibility index (Phi) is 7.17. The molecule has 0 saturated carbocycles. The van der Waals surface area contributed by atoms with E-state index in [1.807, 2.05) is 29.2 Å². The zero-order valence-corrected chi connectivity index (χ0v) is 17.7. The Labute approximate surface area is 177 Å². The zero-order chi connectivity index (χ0) is 21.5. The number of rotatable bonds is 7. The van der Waals surface area contributed by atoms with Crippen molar-refractivity contribution in [1.29, 1.82) is 0 Å². The number of piperazine rings is 1. The Balaban J connectivity index is 1.52. The number of aryl methyl sites for hydroxylation is 1. The maximum Gasteiger partial charge on any atom is 0.254 e. The molecule has 3 rings (SSSR count). The van der Waals surface area contributed by atoms with E-state index in [-0.39, 0.29) is 11.8 Å². The van der Waals surface area contributed by atoms with Crippen molar-refractivity contribution in [1.82, 2.24) is 9.80 Å². The molecule has 7 nitrogen and oxygen atoms in total. The molecule has 0 spiro atoms. The van der Waals surface area contributed by atoms with E-state index >= 15 is 0 Å². The van der Waals surface area contributed by atoms with E-state index in [0.717, 1.165) is 11.3 Å². The number of ether oxygens (including phenoxy) is 3. The summed E-state index contributed by atoms with van der Waals surface area (Å²) in [6, 6.07) is 12.9. The molecule has 7 heteroatoms. The number of hydrogen-bond donors (Lipinski definition) is 0. The van der Waals surface area contributed by atoms with Crippen LogP contribution in [-0.2, 0) is 11.2 Å². The van der Waals surface area contributed by atoms with Crippen LogP contribution < -0.4 is 14.2 Å². The van der Waals surface area contributed by atoms with Crippen molar-refractivity contribution in [3.63, 3.8) is 0 Å². The monoisotopic (exact) mass is 412 g/mol. The topological polar surface area (TPSA) is 68.3 Å². The van der Waals surface area contributed by atoms with Gasteiger partial charge in [0.15, 0.2) is 11.5 Å². The SMILES string of the molecule is COc1cccc(CCC(=O)N2CCN(C(=O)c3ccc(OC)c(OC)c3)CC2)c1. The highest BCUT2D eigenvalue weighted by atomic mass is 16.5. The molecular formula is C23H28N2O5. The van der Waals surface area contributed by atoms with Crippen LogP contribution in [0.3, 0.4) is 0 Å². The van der Waals surface area contributed by atoms with Gasteiger partial charge >= 0.3 is 0 Å². The fourth-order valence-electron chi connectivity index (χ4n) is 3.55. The van der Waals surface area contributed by atoms with Gasteiger partial charge in [0.2, 0.25) is 5.91 Å². The van der Waals surface area contributed by atoms with Crippen LogP contribution in [0.5, 0.6) is 17.2 Å². The minimum absolute atomic E-state index is 0.0700. The molecule has 0 aromatic heterocycles. The number of amides is 2. The summed E-state index contributed by atoms with van der Waals surface area (Å²) < 4.78 is 15.7. The molecule has 1 heterocycles. The number of methoxy groups -OCH3 is 3. The van der Waals surface area contributed by atoms with Crippen molar-refractivity contribution in [2.75, 3.05) is 47.5 Å². The molecule has 2 aromatic rings. The largest absolute Gasteiger partial charge is 0.497 e. The Morgan fingerprint density at radius 1 is 0.833 bits per heavy atom. The third-order valence-corrected chi connectivity index (χ3v) is 5.31. The van der Waals surface area contributed by atoms with Gasteiger partial charge in [0.1, 0.15) is 5.75 Å². The minimum atomic E-state index is -0.0700. The fourth-order valence-corrected chi connectivity index (χ4v) is 3.55. The first-order valence-corrected chi connectivity index (χ1v) is 9.97. The van der Waals surface area contributed by atoms with Crippen LogP contribution in [0.2, 0.25) is 0 Å². The van der Waals surface area contributed by atoms with E-state index < -0.39 is 0 Å². The van der Waals surface area contributed by atoms with Crippen molar-refractivity contribution in [2.45, 2.75) is 12.8 Å². The van der Waals surface area contributed by atoms with E-state index in [1.165, 1.54) is 0 Å². The molecule has 0 atom stereocenters. The summed E-state index contributed by atoms with van der Waals surface area (Å²) in [6.45, 7) is 2.10. The third kappa shape index (κ3) is 5.03.